The number of aromatic amines is 1. The molecule has 2 aromatic carbocycles. The lowest BCUT2D eigenvalue weighted by Gasteiger charge is -2.01. The summed E-state index contributed by atoms with van der Waals surface area (Å²) in [6.45, 7) is 3.43. The first-order valence-electron chi connectivity index (χ1n) is 9.58. The summed E-state index contributed by atoms with van der Waals surface area (Å²) >= 11 is 0. The van der Waals surface area contributed by atoms with Gasteiger partial charge < -0.3 is 20.0 Å². The van der Waals surface area contributed by atoms with Gasteiger partial charge in [-0.25, -0.2) is 0 Å². The number of hydrogen-bond acceptors (Lipinski definition) is 5. The minimum absolute atomic E-state index is 0. The Kier molecular flexibility index (Phi) is 4.28. The normalized spacial score (nSPS) is 15.7. The van der Waals surface area contributed by atoms with Gasteiger partial charge in [-0.15, -0.1) is 12.4 Å². The Hall–Kier alpha value is -3.25. The molecule has 4 heterocycles. The quantitative estimate of drug-likeness (QED) is 0.486. The first kappa shape index (κ1) is 17.8. The van der Waals surface area contributed by atoms with Crippen molar-refractivity contribution < 1.29 is 4.42 Å². The van der Waals surface area contributed by atoms with Crippen LogP contribution in [-0.4, -0.2) is 42.8 Å². The number of benzene rings is 2. The van der Waals surface area contributed by atoms with Gasteiger partial charge >= 0.3 is 0 Å². The zero-order chi connectivity index (χ0) is 18.5. The number of nitrogens with zero attached hydrogens (tertiary/aromatic N) is 2. The molecule has 6 nitrogen and oxygen atoms in total. The molecule has 3 N–H and O–H groups in total. The van der Waals surface area contributed by atoms with Gasteiger partial charge in [-0.2, -0.15) is 0 Å². The fraction of sp³-hybridized carbons (Fsp3) is 0.182. The van der Waals surface area contributed by atoms with Crippen molar-refractivity contribution in [1.82, 2.24) is 15.6 Å². The lowest BCUT2D eigenvalue weighted by Crippen LogP contribution is -2.19. The van der Waals surface area contributed by atoms with Gasteiger partial charge in [0, 0.05) is 40.6 Å². The molecule has 6 rings (SSSR count). The van der Waals surface area contributed by atoms with Crippen LogP contribution in [0.2, 0.25) is 0 Å². The number of aromatic nitrogens is 1. The summed E-state index contributed by atoms with van der Waals surface area (Å²) in [6, 6.07) is 16.9. The van der Waals surface area contributed by atoms with E-state index in [1.807, 2.05) is 6.07 Å². The van der Waals surface area contributed by atoms with E-state index in [0.29, 0.717) is 0 Å². The number of aliphatic imine (C=N–C) groups is 2. The molecule has 0 unspecified atom stereocenters. The zero-order valence-electron chi connectivity index (χ0n) is 15.7. The van der Waals surface area contributed by atoms with Crippen molar-refractivity contribution in [3.8, 4) is 11.3 Å². The predicted octanol–water partition coefficient (Wildman–Crippen LogP) is 3.70. The largest absolute Gasteiger partial charge is 0.453 e. The third kappa shape index (κ3) is 3.06. The number of nitrogens with one attached hydrogen (secondary N) is 3. The highest BCUT2D eigenvalue weighted by Crippen LogP contribution is 2.29. The van der Waals surface area contributed by atoms with Crippen LogP contribution in [0.3, 0.4) is 0 Å². The number of fused-ring (bicyclic) bond motifs is 2. The first-order valence-corrected chi connectivity index (χ1v) is 9.58. The van der Waals surface area contributed by atoms with E-state index in [1.165, 1.54) is 5.39 Å². The van der Waals surface area contributed by atoms with E-state index in [2.05, 4.69) is 68.1 Å². The average molecular weight is 406 g/mol. The van der Waals surface area contributed by atoms with Crippen LogP contribution in [0.15, 0.2) is 62.9 Å². The third-order valence-corrected chi connectivity index (χ3v) is 5.30. The molecule has 29 heavy (non-hydrogen) atoms. The molecule has 2 aliphatic rings. The van der Waals surface area contributed by atoms with Crippen LogP contribution in [0, 0.1) is 0 Å². The molecular weight excluding hydrogens is 386 g/mol. The zero-order valence-corrected chi connectivity index (χ0v) is 16.5. The van der Waals surface area contributed by atoms with Gasteiger partial charge in [0.05, 0.1) is 13.1 Å². The van der Waals surface area contributed by atoms with Crippen molar-refractivity contribution in [2.75, 3.05) is 26.2 Å². The van der Waals surface area contributed by atoms with Crippen molar-refractivity contribution in [3.05, 3.63) is 59.9 Å². The van der Waals surface area contributed by atoms with E-state index in [4.69, 9.17) is 4.42 Å². The van der Waals surface area contributed by atoms with Crippen molar-refractivity contribution in [3.63, 3.8) is 0 Å². The Balaban J connectivity index is 0.00000181. The molecule has 2 aliphatic heterocycles. The average Bonchev–Trinajstić information content (AvgIpc) is 3.52. The molecule has 0 saturated carbocycles. The van der Waals surface area contributed by atoms with Gasteiger partial charge in [-0.1, -0.05) is 12.1 Å². The number of H-pyrrole nitrogens is 1. The summed E-state index contributed by atoms with van der Waals surface area (Å²) in [4.78, 5) is 12.5. The Morgan fingerprint density at radius 1 is 0.759 bits per heavy atom. The monoisotopic (exact) mass is 405 g/mol. The van der Waals surface area contributed by atoms with Crippen molar-refractivity contribution >= 4 is 46.0 Å². The first-order chi connectivity index (χ1) is 13.8. The van der Waals surface area contributed by atoms with Crippen LogP contribution >= 0.6 is 12.4 Å². The van der Waals surface area contributed by atoms with E-state index in [-0.39, 0.29) is 12.4 Å². The Morgan fingerprint density at radius 3 is 2.34 bits per heavy atom. The number of rotatable bonds is 3. The molecule has 0 saturated heterocycles. The van der Waals surface area contributed by atoms with E-state index in [1.54, 1.807) is 0 Å². The second-order valence-corrected chi connectivity index (χ2v) is 7.16. The number of furan rings is 1. The highest BCUT2D eigenvalue weighted by atomic mass is 35.5. The summed E-state index contributed by atoms with van der Waals surface area (Å²) in [5.41, 5.74) is 5.34. The molecule has 0 spiro atoms. The third-order valence-electron chi connectivity index (χ3n) is 5.30. The van der Waals surface area contributed by atoms with Crippen LogP contribution in [0.5, 0.6) is 0 Å². The maximum Gasteiger partial charge on any atom is 0.170 e. The smallest absolute Gasteiger partial charge is 0.170 e. The molecule has 0 radical (unpaired) electrons. The lowest BCUT2D eigenvalue weighted by molar-refractivity contribution is 0.602. The minimum atomic E-state index is 0. The maximum absolute atomic E-state index is 5.95. The SMILES string of the molecule is Cl.c1cc2cc(-c3ccc4oc(C5=NCCN5)cc4c3)[nH]c2cc1C1=NCCN1. The number of hydrogen-bond donors (Lipinski definition) is 3. The van der Waals surface area contributed by atoms with Gasteiger partial charge in [0.1, 0.15) is 11.4 Å². The highest BCUT2D eigenvalue weighted by molar-refractivity contribution is 6.03. The number of amidine groups is 2. The van der Waals surface area contributed by atoms with Crippen LogP contribution in [0.1, 0.15) is 11.3 Å². The molecule has 0 aliphatic carbocycles. The van der Waals surface area contributed by atoms with E-state index in [0.717, 1.165) is 76.9 Å². The molecule has 146 valence electrons. The van der Waals surface area contributed by atoms with Crippen molar-refractivity contribution in [2.24, 2.45) is 9.98 Å². The Labute approximate surface area is 173 Å². The highest BCUT2D eigenvalue weighted by Gasteiger charge is 2.15. The standard InChI is InChI=1S/C22H19N5O.ClH/c1-2-15(21-23-5-6-24-21)11-18-14(1)10-17(27-18)13-3-4-19-16(9-13)12-20(28-19)22-25-7-8-26-22;/h1-4,9-12,27H,5-8H2,(H,23,24)(H,25,26);1H. The molecule has 0 atom stereocenters. The Bertz CT molecular complexity index is 1260. The van der Waals surface area contributed by atoms with Gasteiger partial charge in [0.15, 0.2) is 11.6 Å². The van der Waals surface area contributed by atoms with Crippen LogP contribution in [-0.2, 0) is 0 Å². The van der Waals surface area contributed by atoms with Gasteiger partial charge in [0.25, 0.3) is 0 Å². The minimum Gasteiger partial charge on any atom is -0.453 e. The summed E-state index contributed by atoms with van der Waals surface area (Å²) in [7, 11) is 0. The van der Waals surface area contributed by atoms with E-state index >= 15 is 0 Å². The topological polar surface area (TPSA) is 77.7 Å². The van der Waals surface area contributed by atoms with Gasteiger partial charge in [-0.3, -0.25) is 9.98 Å². The molecule has 0 bridgehead atoms. The summed E-state index contributed by atoms with van der Waals surface area (Å²) in [5, 5.41) is 8.86. The van der Waals surface area contributed by atoms with E-state index in [9.17, 15) is 0 Å². The van der Waals surface area contributed by atoms with E-state index < -0.39 is 0 Å². The second-order valence-electron chi connectivity index (χ2n) is 7.16. The van der Waals surface area contributed by atoms with Gasteiger partial charge in [0.2, 0.25) is 0 Å². The molecule has 0 amide bonds. The Morgan fingerprint density at radius 2 is 1.55 bits per heavy atom. The second kappa shape index (κ2) is 6.97. The van der Waals surface area contributed by atoms with Crippen LogP contribution < -0.4 is 10.6 Å². The summed E-state index contributed by atoms with van der Waals surface area (Å²) in [6.07, 6.45) is 0. The van der Waals surface area contributed by atoms with Crippen LogP contribution in [0.4, 0.5) is 0 Å². The summed E-state index contributed by atoms with van der Waals surface area (Å²) < 4.78 is 5.95. The fourth-order valence-electron chi connectivity index (χ4n) is 3.91. The summed E-state index contributed by atoms with van der Waals surface area (Å²) in [5.74, 6) is 2.63. The van der Waals surface area contributed by atoms with Gasteiger partial charge in [-0.05, 0) is 42.0 Å². The van der Waals surface area contributed by atoms with Crippen molar-refractivity contribution in [1.29, 1.82) is 0 Å². The molecule has 4 aromatic rings. The predicted molar refractivity (Wildman–Crippen MR) is 120 cm³/mol. The molecule has 2 aromatic heterocycles. The van der Waals surface area contributed by atoms with Crippen LogP contribution in [0.25, 0.3) is 33.1 Å². The number of halogens is 1. The molecule has 7 heteroatoms. The maximum atomic E-state index is 5.95. The molecular formula is C22H20ClN5O. The molecule has 0 fully saturated rings. The van der Waals surface area contributed by atoms with Crippen molar-refractivity contribution in [2.45, 2.75) is 0 Å². The lowest BCUT2D eigenvalue weighted by atomic mass is 10.1. The fourth-order valence-corrected chi connectivity index (χ4v) is 3.91.